The number of morpholine rings is 1. The fourth-order valence-corrected chi connectivity index (χ4v) is 2.30. The Morgan fingerprint density at radius 3 is 2.36 bits per heavy atom. The number of sulfone groups is 1. The quantitative estimate of drug-likeness (QED) is 0.677. The van der Waals surface area contributed by atoms with Gasteiger partial charge in [-0.05, 0) is 13.8 Å². The van der Waals surface area contributed by atoms with Crippen molar-refractivity contribution in [3.8, 4) is 0 Å². The van der Waals surface area contributed by atoms with E-state index < -0.39 is 9.84 Å². The Balaban J connectivity index is 2.32. The van der Waals surface area contributed by atoms with Gasteiger partial charge in [-0.3, -0.25) is 4.90 Å². The Morgan fingerprint density at radius 2 is 1.86 bits per heavy atom. The fraction of sp³-hybridized carbons (Fsp3) is 1.00. The molecule has 1 rings (SSSR count). The fourth-order valence-electron chi connectivity index (χ4n) is 1.32. The molecule has 5 heteroatoms. The highest BCUT2D eigenvalue weighted by molar-refractivity contribution is 7.92. The molecule has 0 bridgehead atoms. The van der Waals surface area contributed by atoms with Gasteiger partial charge in [0.1, 0.15) is 0 Å². The van der Waals surface area contributed by atoms with E-state index in [9.17, 15) is 8.42 Å². The van der Waals surface area contributed by atoms with Gasteiger partial charge in [0.15, 0.2) is 9.84 Å². The first-order chi connectivity index (χ1) is 6.52. The second-order valence-electron chi connectivity index (χ2n) is 3.87. The van der Waals surface area contributed by atoms with Gasteiger partial charge in [-0.15, -0.1) is 0 Å². The van der Waals surface area contributed by atoms with E-state index in [2.05, 4.69) is 4.90 Å². The van der Waals surface area contributed by atoms with Crippen molar-refractivity contribution in [1.82, 2.24) is 4.90 Å². The molecule has 0 aromatic carbocycles. The second kappa shape index (κ2) is 5.09. The molecule has 0 aromatic rings. The minimum absolute atomic E-state index is 0.261. The topological polar surface area (TPSA) is 46.6 Å². The van der Waals surface area contributed by atoms with Crippen molar-refractivity contribution >= 4 is 9.84 Å². The molecule has 0 saturated carbocycles. The van der Waals surface area contributed by atoms with Crippen molar-refractivity contribution < 1.29 is 13.2 Å². The summed E-state index contributed by atoms with van der Waals surface area (Å²) in [7, 11) is -2.88. The van der Waals surface area contributed by atoms with E-state index in [1.54, 1.807) is 13.8 Å². The van der Waals surface area contributed by atoms with Crippen LogP contribution in [-0.4, -0.2) is 57.2 Å². The van der Waals surface area contributed by atoms with Gasteiger partial charge in [0.25, 0.3) is 0 Å². The van der Waals surface area contributed by atoms with Crippen LogP contribution < -0.4 is 0 Å². The van der Waals surface area contributed by atoms with Gasteiger partial charge in [-0.2, -0.15) is 0 Å². The van der Waals surface area contributed by atoms with Crippen LogP contribution >= 0.6 is 0 Å². The average molecular weight is 221 g/mol. The summed E-state index contributed by atoms with van der Waals surface area (Å²) >= 11 is 0. The molecule has 1 heterocycles. The molecule has 1 fully saturated rings. The maximum Gasteiger partial charge on any atom is 0.153 e. The summed E-state index contributed by atoms with van der Waals surface area (Å²) in [6.07, 6.45) is 0. The highest BCUT2D eigenvalue weighted by Gasteiger charge is 2.18. The lowest BCUT2D eigenvalue weighted by atomic mass is 10.4. The van der Waals surface area contributed by atoms with Crippen LogP contribution in [0.3, 0.4) is 0 Å². The number of nitrogens with zero attached hydrogens (tertiary/aromatic N) is 1. The molecule has 0 radical (unpaired) electrons. The summed E-state index contributed by atoms with van der Waals surface area (Å²) < 4.78 is 28.2. The van der Waals surface area contributed by atoms with Crippen LogP contribution in [0, 0.1) is 0 Å². The minimum Gasteiger partial charge on any atom is -0.379 e. The van der Waals surface area contributed by atoms with Gasteiger partial charge < -0.3 is 4.74 Å². The van der Waals surface area contributed by atoms with Crippen LogP contribution in [0.15, 0.2) is 0 Å². The van der Waals surface area contributed by atoms with Gasteiger partial charge in [-0.1, -0.05) is 0 Å². The molecule has 0 N–H and O–H groups in total. The van der Waals surface area contributed by atoms with E-state index in [0.29, 0.717) is 6.54 Å². The predicted molar refractivity (Wildman–Crippen MR) is 56.2 cm³/mol. The summed E-state index contributed by atoms with van der Waals surface area (Å²) in [4.78, 5) is 2.14. The Morgan fingerprint density at radius 1 is 1.29 bits per heavy atom. The summed E-state index contributed by atoms with van der Waals surface area (Å²) in [6, 6.07) is 0. The summed E-state index contributed by atoms with van der Waals surface area (Å²) in [6.45, 7) is 7.26. The summed E-state index contributed by atoms with van der Waals surface area (Å²) in [5, 5.41) is -0.261. The normalized spacial score (nSPS) is 20.2. The van der Waals surface area contributed by atoms with E-state index >= 15 is 0 Å². The van der Waals surface area contributed by atoms with Gasteiger partial charge in [0.05, 0.1) is 24.2 Å². The average Bonchev–Trinajstić information content (AvgIpc) is 2.16. The molecule has 14 heavy (non-hydrogen) atoms. The molecule has 1 saturated heterocycles. The lowest BCUT2D eigenvalue weighted by molar-refractivity contribution is 0.0408. The molecular formula is C9H19NO3S. The third-order valence-electron chi connectivity index (χ3n) is 2.51. The number of hydrogen-bond donors (Lipinski definition) is 0. The van der Waals surface area contributed by atoms with E-state index in [0.717, 1.165) is 26.3 Å². The molecule has 0 unspecified atom stereocenters. The first kappa shape index (κ1) is 11.9. The van der Waals surface area contributed by atoms with Crippen LogP contribution in [-0.2, 0) is 14.6 Å². The van der Waals surface area contributed by atoms with Crippen molar-refractivity contribution in [2.75, 3.05) is 38.6 Å². The maximum atomic E-state index is 11.5. The monoisotopic (exact) mass is 221 g/mol. The Hall–Kier alpha value is -0.130. The zero-order valence-corrected chi connectivity index (χ0v) is 9.72. The zero-order valence-electron chi connectivity index (χ0n) is 8.90. The van der Waals surface area contributed by atoms with Crippen LogP contribution in [0.4, 0.5) is 0 Å². The SMILES string of the molecule is CC(C)S(=O)(=O)CCN1CCOCC1. The smallest absolute Gasteiger partial charge is 0.153 e. The zero-order chi connectivity index (χ0) is 10.6. The third kappa shape index (κ3) is 3.55. The van der Waals surface area contributed by atoms with Crippen molar-refractivity contribution in [3.05, 3.63) is 0 Å². The van der Waals surface area contributed by atoms with Crippen molar-refractivity contribution in [2.24, 2.45) is 0 Å². The van der Waals surface area contributed by atoms with E-state index in [4.69, 9.17) is 4.74 Å². The van der Waals surface area contributed by atoms with Crippen LogP contribution in [0.25, 0.3) is 0 Å². The summed E-state index contributed by atoms with van der Waals surface area (Å²) in [5.74, 6) is 0.269. The van der Waals surface area contributed by atoms with Gasteiger partial charge in [-0.25, -0.2) is 8.42 Å². The second-order valence-corrected chi connectivity index (χ2v) is 6.55. The molecule has 0 atom stereocenters. The predicted octanol–water partition coefficient (Wildman–Crippen LogP) is 0.142. The Kier molecular flexibility index (Phi) is 4.34. The summed E-state index contributed by atoms with van der Waals surface area (Å²) in [5.41, 5.74) is 0. The third-order valence-corrected chi connectivity index (χ3v) is 4.70. The number of hydrogen-bond acceptors (Lipinski definition) is 4. The lowest BCUT2D eigenvalue weighted by Gasteiger charge is -2.26. The van der Waals surface area contributed by atoms with Gasteiger partial charge in [0, 0.05) is 19.6 Å². The number of ether oxygens (including phenoxy) is 1. The maximum absolute atomic E-state index is 11.5. The minimum atomic E-state index is -2.88. The largest absolute Gasteiger partial charge is 0.379 e. The molecule has 1 aliphatic heterocycles. The van der Waals surface area contributed by atoms with E-state index in [1.807, 2.05) is 0 Å². The molecule has 0 amide bonds. The molecule has 0 aliphatic carbocycles. The molecule has 4 nitrogen and oxygen atoms in total. The molecular weight excluding hydrogens is 202 g/mol. The van der Waals surface area contributed by atoms with Gasteiger partial charge in [0.2, 0.25) is 0 Å². The van der Waals surface area contributed by atoms with Crippen LogP contribution in [0.2, 0.25) is 0 Å². The van der Waals surface area contributed by atoms with E-state index in [1.165, 1.54) is 0 Å². The lowest BCUT2D eigenvalue weighted by Crippen LogP contribution is -2.39. The molecule has 84 valence electrons. The Labute approximate surface area is 86.2 Å². The van der Waals surface area contributed by atoms with Crippen molar-refractivity contribution in [1.29, 1.82) is 0 Å². The van der Waals surface area contributed by atoms with E-state index in [-0.39, 0.29) is 11.0 Å². The molecule has 1 aliphatic rings. The van der Waals surface area contributed by atoms with Gasteiger partial charge >= 0.3 is 0 Å². The molecule has 0 aromatic heterocycles. The highest BCUT2D eigenvalue weighted by Crippen LogP contribution is 2.03. The van der Waals surface area contributed by atoms with Crippen LogP contribution in [0.1, 0.15) is 13.8 Å². The first-order valence-electron chi connectivity index (χ1n) is 5.04. The number of rotatable bonds is 4. The Bertz CT molecular complexity index is 255. The van der Waals surface area contributed by atoms with Crippen LogP contribution in [0.5, 0.6) is 0 Å². The highest BCUT2D eigenvalue weighted by atomic mass is 32.2. The standard InChI is InChI=1S/C9H19NO3S/c1-9(2)14(11,12)8-5-10-3-6-13-7-4-10/h9H,3-8H2,1-2H3. The molecule has 0 spiro atoms. The first-order valence-corrected chi connectivity index (χ1v) is 6.75. The van der Waals surface area contributed by atoms with Crippen molar-refractivity contribution in [2.45, 2.75) is 19.1 Å². The van der Waals surface area contributed by atoms with Crippen molar-refractivity contribution in [3.63, 3.8) is 0 Å².